The highest BCUT2D eigenvalue weighted by atomic mass is 35.5. The van der Waals surface area contributed by atoms with Crippen molar-refractivity contribution in [1.82, 2.24) is 4.98 Å². The Labute approximate surface area is 120 Å². The summed E-state index contributed by atoms with van der Waals surface area (Å²) < 4.78 is 4.99. The third-order valence-electron chi connectivity index (χ3n) is 2.34. The third kappa shape index (κ3) is 4.31. The smallest absolute Gasteiger partial charge is 0.230 e. The Morgan fingerprint density at radius 1 is 1.42 bits per heavy atom. The van der Waals surface area contributed by atoms with Crippen LogP contribution in [0.3, 0.4) is 0 Å². The number of hydrogen-bond acceptors (Lipinski definition) is 4. The van der Waals surface area contributed by atoms with Crippen molar-refractivity contribution in [2.45, 2.75) is 13.0 Å². The second-order valence-electron chi connectivity index (χ2n) is 3.90. The van der Waals surface area contributed by atoms with Crippen molar-refractivity contribution in [2.24, 2.45) is 0 Å². The average molecular weight is 297 g/mol. The van der Waals surface area contributed by atoms with Gasteiger partial charge >= 0.3 is 0 Å². The van der Waals surface area contributed by atoms with Crippen molar-refractivity contribution < 1.29 is 9.53 Å². The van der Waals surface area contributed by atoms with Gasteiger partial charge in [-0.05, 0) is 24.3 Å². The largest absolute Gasteiger partial charge is 0.378 e. The Kier molecular flexibility index (Phi) is 4.90. The van der Waals surface area contributed by atoms with Gasteiger partial charge in [-0.2, -0.15) is 0 Å². The van der Waals surface area contributed by atoms with Gasteiger partial charge < -0.3 is 10.1 Å². The lowest BCUT2D eigenvalue weighted by molar-refractivity contribution is -0.115. The van der Waals surface area contributed by atoms with Crippen LogP contribution in [0.2, 0.25) is 5.02 Å². The van der Waals surface area contributed by atoms with E-state index in [1.165, 1.54) is 11.3 Å². The SMILES string of the molecule is COCc1nc(CC(=O)Nc2ccc(Cl)cc2)cs1. The van der Waals surface area contributed by atoms with E-state index in [1.807, 2.05) is 5.38 Å². The van der Waals surface area contributed by atoms with Gasteiger partial charge in [0.25, 0.3) is 0 Å². The molecule has 1 amide bonds. The van der Waals surface area contributed by atoms with E-state index in [1.54, 1.807) is 31.4 Å². The fourth-order valence-electron chi connectivity index (χ4n) is 1.52. The molecule has 6 heteroatoms. The van der Waals surface area contributed by atoms with Crippen molar-refractivity contribution in [1.29, 1.82) is 0 Å². The number of hydrogen-bond donors (Lipinski definition) is 1. The number of ether oxygens (including phenoxy) is 1. The van der Waals surface area contributed by atoms with E-state index in [4.69, 9.17) is 16.3 Å². The highest BCUT2D eigenvalue weighted by Crippen LogP contribution is 2.15. The number of anilines is 1. The number of nitrogens with one attached hydrogen (secondary N) is 1. The molecule has 1 heterocycles. The second-order valence-corrected chi connectivity index (χ2v) is 5.28. The van der Waals surface area contributed by atoms with Crippen LogP contribution in [0.15, 0.2) is 29.6 Å². The second kappa shape index (κ2) is 6.65. The van der Waals surface area contributed by atoms with Gasteiger partial charge in [-0.15, -0.1) is 11.3 Å². The number of carbonyl (C=O) groups is 1. The van der Waals surface area contributed by atoms with Gasteiger partial charge in [0.1, 0.15) is 5.01 Å². The van der Waals surface area contributed by atoms with Crippen molar-refractivity contribution in [3.63, 3.8) is 0 Å². The monoisotopic (exact) mass is 296 g/mol. The third-order valence-corrected chi connectivity index (χ3v) is 3.46. The van der Waals surface area contributed by atoms with Gasteiger partial charge in [-0.3, -0.25) is 4.79 Å². The van der Waals surface area contributed by atoms with Crippen molar-refractivity contribution in [3.8, 4) is 0 Å². The molecule has 0 fully saturated rings. The normalized spacial score (nSPS) is 10.4. The van der Waals surface area contributed by atoms with Crippen molar-refractivity contribution in [2.75, 3.05) is 12.4 Å². The zero-order valence-electron chi connectivity index (χ0n) is 10.4. The average Bonchev–Trinajstić information content (AvgIpc) is 2.80. The van der Waals surface area contributed by atoms with Crippen LogP contribution in [-0.4, -0.2) is 18.0 Å². The van der Waals surface area contributed by atoms with Crippen molar-refractivity contribution in [3.05, 3.63) is 45.4 Å². The molecule has 100 valence electrons. The summed E-state index contributed by atoms with van der Waals surface area (Å²) in [5, 5.41) is 6.18. The summed E-state index contributed by atoms with van der Waals surface area (Å²) in [5.41, 5.74) is 1.48. The lowest BCUT2D eigenvalue weighted by atomic mass is 10.3. The highest BCUT2D eigenvalue weighted by molar-refractivity contribution is 7.09. The molecule has 19 heavy (non-hydrogen) atoms. The van der Waals surface area contributed by atoms with E-state index in [0.717, 1.165) is 16.4 Å². The predicted octanol–water partition coefficient (Wildman–Crippen LogP) is 3.12. The van der Waals surface area contributed by atoms with E-state index in [0.29, 0.717) is 11.6 Å². The molecule has 0 spiro atoms. The molecule has 0 radical (unpaired) electrons. The van der Waals surface area contributed by atoms with Gasteiger partial charge in [0.2, 0.25) is 5.91 Å². The number of methoxy groups -OCH3 is 1. The van der Waals surface area contributed by atoms with Crippen LogP contribution in [0.1, 0.15) is 10.7 Å². The number of amides is 1. The molecule has 0 aliphatic carbocycles. The minimum atomic E-state index is -0.100. The summed E-state index contributed by atoms with van der Waals surface area (Å²) in [7, 11) is 1.62. The van der Waals surface area contributed by atoms with Crippen molar-refractivity contribution >= 4 is 34.5 Å². The maximum Gasteiger partial charge on any atom is 0.230 e. The number of rotatable bonds is 5. The van der Waals surface area contributed by atoms with Gasteiger partial charge in [-0.25, -0.2) is 4.98 Å². The lowest BCUT2D eigenvalue weighted by Crippen LogP contribution is -2.14. The van der Waals surface area contributed by atoms with Gasteiger partial charge in [0.15, 0.2) is 0 Å². The summed E-state index contributed by atoms with van der Waals surface area (Å²) >= 11 is 7.27. The van der Waals surface area contributed by atoms with Crippen LogP contribution in [0.4, 0.5) is 5.69 Å². The van der Waals surface area contributed by atoms with Crippen LogP contribution < -0.4 is 5.32 Å². The zero-order chi connectivity index (χ0) is 13.7. The molecule has 1 aromatic heterocycles. The molecule has 0 aliphatic rings. The van der Waals surface area contributed by atoms with Gasteiger partial charge in [-0.1, -0.05) is 11.6 Å². The quantitative estimate of drug-likeness (QED) is 0.922. The molecule has 2 aromatic rings. The van der Waals surface area contributed by atoms with E-state index in [2.05, 4.69) is 10.3 Å². The summed E-state index contributed by atoms with van der Waals surface area (Å²) in [5.74, 6) is -0.100. The van der Waals surface area contributed by atoms with E-state index < -0.39 is 0 Å². The number of carbonyl (C=O) groups excluding carboxylic acids is 1. The first kappa shape index (κ1) is 14.0. The molecule has 2 rings (SSSR count). The fraction of sp³-hybridized carbons (Fsp3) is 0.231. The number of thiazole rings is 1. The Bertz CT molecular complexity index is 554. The van der Waals surface area contributed by atoms with Crippen LogP contribution >= 0.6 is 22.9 Å². The minimum absolute atomic E-state index is 0.100. The maximum atomic E-state index is 11.8. The Morgan fingerprint density at radius 3 is 2.84 bits per heavy atom. The molecule has 1 aromatic carbocycles. The van der Waals surface area contributed by atoms with Crippen LogP contribution in [0.5, 0.6) is 0 Å². The molecular formula is C13H13ClN2O2S. The first-order chi connectivity index (χ1) is 9.17. The lowest BCUT2D eigenvalue weighted by Gasteiger charge is -2.03. The fourth-order valence-corrected chi connectivity index (χ4v) is 2.41. The minimum Gasteiger partial charge on any atom is -0.378 e. The molecule has 0 atom stereocenters. The number of benzene rings is 1. The number of halogens is 1. The molecule has 0 unspecified atom stereocenters. The summed E-state index contributed by atoms with van der Waals surface area (Å²) in [4.78, 5) is 16.1. The first-order valence-electron chi connectivity index (χ1n) is 5.65. The summed E-state index contributed by atoms with van der Waals surface area (Å²) in [6.07, 6.45) is 0.253. The zero-order valence-corrected chi connectivity index (χ0v) is 11.9. The Morgan fingerprint density at radius 2 is 2.16 bits per heavy atom. The summed E-state index contributed by atoms with van der Waals surface area (Å²) in [6, 6.07) is 6.99. The highest BCUT2D eigenvalue weighted by Gasteiger charge is 2.08. The molecule has 4 nitrogen and oxygen atoms in total. The van der Waals surface area contributed by atoms with Gasteiger partial charge in [0.05, 0.1) is 18.7 Å². The topological polar surface area (TPSA) is 51.2 Å². The predicted molar refractivity (Wildman–Crippen MR) is 76.6 cm³/mol. The summed E-state index contributed by atoms with van der Waals surface area (Å²) in [6.45, 7) is 0.476. The molecular weight excluding hydrogens is 284 g/mol. The molecule has 1 N–H and O–H groups in total. The van der Waals surface area contributed by atoms with E-state index in [-0.39, 0.29) is 12.3 Å². The van der Waals surface area contributed by atoms with Crippen LogP contribution in [0.25, 0.3) is 0 Å². The number of nitrogens with zero attached hydrogens (tertiary/aromatic N) is 1. The van der Waals surface area contributed by atoms with Crippen LogP contribution in [-0.2, 0) is 22.6 Å². The molecule has 0 saturated carbocycles. The molecule has 0 aliphatic heterocycles. The van der Waals surface area contributed by atoms with Gasteiger partial charge in [0, 0.05) is 23.2 Å². The Balaban J connectivity index is 1.91. The Hall–Kier alpha value is -1.43. The van der Waals surface area contributed by atoms with Crippen LogP contribution in [0, 0.1) is 0 Å². The van der Waals surface area contributed by atoms with E-state index >= 15 is 0 Å². The first-order valence-corrected chi connectivity index (χ1v) is 6.91. The standard InChI is InChI=1S/C13H13ClN2O2S/c1-18-7-13-16-11(8-19-13)6-12(17)15-10-4-2-9(14)3-5-10/h2-5,8H,6-7H2,1H3,(H,15,17). The number of aromatic nitrogens is 1. The molecule has 0 saturated heterocycles. The molecule has 0 bridgehead atoms. The van der Waals surface area contributed by atoms with E-state index in [9.17, 15) is 4.79 Å². The maximum absolute atomic E-state index is 11.8.